The summed E-state index contributed by atoms with van der Waals surface area (Å²) in [5.74, 6) is 1.60. The van der Waals surface area contributed by atoms with Crippen LogP contribution in [0, 0.1) is 0 Å². The van der Waals surface area contributed by atoms with Gasteiger partial charge in [-0.3, -0.25) is 4.79 Å². The highest BCUT2D eigenvalue weighted by Crippen LogP contribution is 2.35. The van der Waals surface area contributed by atoms with Gasteiger partial charge in [-0.1, -0.05) is 19.8 Å². The Bertz CT molecular complexity index is 489. The number of methoxy groups -OCH3 is 1. The molecule has 3 nitrogen and oxygen atoms in total. The lowest BCUT2D eigenvalue weighted by atomic mass is 10.0. The van der Waals surface area contributed by atoms with Gasteiger partial charge < -0.3 is 9.47 Å². The Balaban J connectivity index is 2.28. The number of ether oxygens (including phenoxy) is 2. The number of rotatable bonds is 6. The fourth-order valence-electron chi connectivity index (χ4n) is 2.27. The monoisotopic (exact) mass is 260 g/mol. The molecular formula is C16H20O3. The number of carbonyl (C=O) groups excluding carboxylic acids is 1. The van der Waals surface area contributed by atoms with Gasteiger partial charge in [0, 0.05) is 5.57 Å². The van der Waals surface area contributed by atoms with Crippen LogP contribution in [0.25, 0.3) is 6.08 Å². The summed E-state index contributed by atoms with van der Waals surface area (Å²) in [6.45, 7) is 2.54. The summed E-state index contributed by atoms with van der Waals surface area (Å²) in [7, 11) is 1.65. The van der Waals surface area contributed by atoms with Crippen LogP contribution in [0.5, 0.6) is 11.5 Å². The number of hydrogen-bond donors (Lipinski definition) is 0. The first kappa shape index (κ1) is 13.7. The summed E-state index contributed by atoms with van der Waals surface area (Å²) in [5, 5.41) is 0. The van der Waals surface area contributed by atoms with E-state index in [0.29, 0.717) is 12.2 Å². The molecule has 0 spiro atoms. The quantitative estimate of drug-likeness (QED) is 0.581. The van der Waals surface area contributed by atoms with Crippen LogP contribution >= 0.6 is 0 Å². The Morgan fingerprint density at radius 3 is 2.89 bits per heavy atom. The van der Waals surface area contributed by atoms with Gasteiger partial charge in [0.2, 0.25) is 0 Å². The highest BCUT2D eigenvalue weighted by atomic mass is 16.5. The Kier molecular flexibility index (Phi) is 4.61. The number of hydrogen-bond acceptors (Lipinski definition) is 3. The van der Waals surface area contributed by atoms with E-state index in [2.05, 4.69) is 13.0 Å². The van der Waals surface area contributed by atoms with Crippen molar-refractivity contribution in [2.75, 3.05) is 13.7 Å². The third-order valence-electron chi connectivity index (χ3n) is 3.33. The Hall–Kier alpha value is -1.77. The van der Waals surface area contributed by atoms with Gasteiger partial charge in [0.05, 0.1) is 12.7 Å². The van der Waals surface area contributed by atoms with Gasteiger partial charge in [-0.25, -0.2) is 0 Å². The second kappa shape index (κ2) is 6.41. The molecule has 0 fully saturated rings. The maximum atomic E-state index is 10.8. The topological polar surface area (TPSA) is 35.5 Å². The van der Waals surface area contributed by atoms with E-state index in [1.807, 2.05) is 12.1 Å². The summed E-state index contributed by atoms with van der Waals surface area (Å²) in [6.07, 6.45) is 7.33. The molecular weight excluding hydrogens is 240 g/mol. The van der Waals surface area contributed by atoms with E-state index < -0.39 is 0 Å². The molecule has 0 unspecified atom stereocenters. The van der Waals surface area contributed by atoms with E-state index in [1.165, 1.54) is 24.8 Å². The van der Waals surface area contributed by atoms with Gasteiger partial charge in [0.1, 0.15) is 24.4 Å². The van der Waals surface area contributed by atoms with E-state index in [1.54, 1.807) is 7.11 Å². The third kappa shape index (κ3) is 3.16. The molecule has 3 heteroatoms. The molecule has 102 valence electrons. The molecule has 0 bridgehead atoms. The number of aldehydes is 1. The maximum Gasteiger partial charge on any atom is 0.149 e. The minimum Gasteiger partial charge on any atom is -0.496 e. The fourth-order valence-corrected chi connectivity index (χ4v) is 2.27. The normalized spacial score (nSPS) is 13.3. The molecule has 0 aromatic heterocycles. The van der Waals surface area contributed by atoms with Crippen LogP contribution in [-0.4, -0.2) is 20.0 Å². The first-order valence-electron chi connectivity index (χ1n) is 6.78. The molecule has 1 aliphatic rings. The summed E-state index contributed by atoms with van der Waals surface area (Å²) in [4.78, 5) is 10.8. The second-order valence-corrected chi connectivity index (χ2v) is 4.79. The van der Waals surface area contributed by atoms with Gasteiger partial charge in [-0.2, -0.15) is 0 Å². The van der Waals surface area contributed by atoms with Crippen LogP contribution in [0.3, 0.4) is 0 Å². The molecule has 0 N–H and O–H groups in total. The van der Waals surface area contributed by atoms with E-state index in [-0.39, 0.29) is 0 Å². The van der Waals surface area contributed by atoms with Crippen LogP contribution < -0.4 is 9.47 Å². The summed E-state index contributed by atoms with van der Waals surface area (Å²) in [5.41, 5.74) is 2.74. The highest BCUT2D eigenvalue weighted by molar-refractivity contribution is 5.85. The lowest BCUT2D eigenvalue weighted by molar-refractivity contribution is -0.105. The fraction of sp³-hybridized carbons (Fsp3) is 0.438. The Morgan fingerprint density at radius 1 is 1.37 bits per heavy atom. The number of carbonyl (C=O) groups is 1. The number of unbranched alkanes of at least 4 members (excludes halogenated alkanes) is 2. The summed E-state index contributed by atoms with van der Waals surface area (Å²) >= 11 is 0. The molecule has 19 heavy (non-hydrogen) atoms. The predicted molar refractivity (Wildman–Crippen MR) is 75.8 cm³/mol. The molecule has 0 aliphatic carbocycles. The van der Waals surface area contributed by atoms with Gasteiger partial charge in [-0.15, -0.1) is 0 Å². The van der Waals surface area contributed by atoms with Crippen LogP contribution in [0.15, 0.2) is 17.7 Å². The average molecular weight is 260 g/mol. The van der Waals surface area contributed by atoms with Crippen LogP contribution in [0.4, 0.5) is 0 Å². The van der Waals surface area contributed by atoms with E-state index in [4.69, 9.17) is 9.47 Å². The van der Waals surface area contributed by atoms with Crippen LogP contribution in [0.2, 0.25) is 0 Å². The number of fused-ring (bicyclic) bond motifs is 1. The molecule has 0 saturated heterocycles. The van der Waals surface area contributed by atoms with Crippen molar-refractivity contribution in [3.8, 4) is 11.5 Å². The van der Waals surface area contributed by atoms with E-state index in [9.17, 15) is 4.79 Å². The summed E-state index contributed by atoms with van der Waals surface area (Å²) < 4.78 is 11.0. The smallest absolute Gasteiger partial charge is 0.149 e. The lowest BCUT2D eigenvalue weighted by Gasteiger charge is -2.19. The Labute approximate surface area is 114 Å². The van der Waals surface area contributed by atoms with Crippen molar-refractivity contribution in [3.05, 3.63) is 28.8 Å². The van der Waals surface area contributed by atoms with Crippen molar-refractivity contribution in [1.82, 2.24) is 0 Å². The van der Waals surface area contributed by atoms with Gasteiger partial charge in [0.25, 0.3) is 0 Å². The van der Waals surface area contributed by atoms with Crippen LogP contribution in [-0.2, 0) is 11.2 Å². The van der Waals surface area contributed by atoms with Crippen molar-refractivity contribution in [3.63, 3.8) is 0 Å². The number of aryl methyl sites for hydroxylation is 1. The molecule has 2 rings (SSSR count). The molecule has 1 heterocycles. The molecule has 1 aromatic carbocycles. The summed E-state index contributed by atoms with van der Waals surface area (Å²) in [6, 6.07) is 4.10. The van der Waals surface area contributed by atoms with Crippen molar-refractivity contribution >= 4 is 12.4 Å². The molecule has 0 radical (unpaired) electrons. The first-order chi connectivity index (χ1) is 9.28. The molecule has 1 aromatic rings. The minimum absolute atomic E-state index is 0.345. The minimum atomic E-state index is 0.345. The largest absolute Gasteiger partial charge is 0.496 e. The molecule has 0 amide bonds. The van der Waals surface area contributed by atoms with E-state index >= 15 is 0 Å². The lowest BCUT2D eigenvalue weighted by Crippen LogP contribution is -2.09. The zero-order valence-corrected chi connectivity index (χ0v) is 11.6. The van der Waals surface area contributed by atoms with Gasteiger partial charge >= 0.3 is 0 Å². The van der Waals surface area contributed by atoms with Gasteiger partial charge in [-0.05, 0) is 36.6 Å². The third-order valence-corrected chi connectivity index (χ3v) is 3.33. The Morgan fingerprint density at radius 2 is 2.21 bits per heavy atom. The maximum absolute atomic E-state index is 10.8. The van der Waals surface area contributed by atoms with Crippen LogP contribution in [0.1, 0.15) is 37.3 Å². The average Bonchev–Trinajstić information content (AvgIpc) is 2.46. The zero-order chi connectivity index (χ0) is 13.7. The first-order valence-corrected chi connectivity index (χ1v) is 6.78. The highest BCUT2D eigenvalue weighted by Gasteiger charge is 2.16. The van der Waals surface area contributed by atoms with E-state index in [0.717, 1.165) is 29.8 Å². The second-order valence-electron chi connectivity index (χ2n) is 4.79. The zero-order valence-electron chi connectivity index (χ0n) is 11.6. The predicted octanol–water partition coefficient (Wildman–Crippen LogP) is 3.40. The van der Waals surface area contributed by atoms with Crippen molar-refractivity contribution in [1.29, 1.82) is 0 Å². The molecule has 0 atom stereocenters. The standard InChI is InChI=1S/C16H20O3/c1-3-4-5-6-12-8-15(18-2)14-7-13(10-17)11-19-16(14)9-12/h7-10H,3-6,11H2,1-2H3. The molecule has 1 aliphatic heterocycles. The number of benzene rings is 1. The van der Waals surface area contributed by atoms with Gasteiger partial charge in [0.15, 0.2) is 0 Å². The molecule has 0 saturated carbocycles. The van der Waals surface area contributed by atoms with Crippen molar-refractivity contribution in [2.24, 2.45) is 0 Å². The van der Waals surface area contributed by atoms with Crippen molar-refractivity contribution in [2.45, 2.75) is 32.6 Å². The van der Waals surface area contributed by atoms with Crippen molar-refractivity contribution < 1.29 is 14.3 Å². The SMILES string of the molecule is CCCCCc1cc(OC)c2c(c1)OCC(C=O)=C2.